The Morgan fingerprint density at radius 2 is 2.12 bits per heavy atom. The zero-order valence-electron chi connectivity index (χ0n) is 14.2. The summed E-state index contributed by atoms with van der Waals surface area (Å²) in [6, 6.07) is 14.3. The van der Waals surface area contributed by atoms with Gasteiger partial charge in [-0.05, 0) is 28.8 Å². The number of nitrogens with zero attached hydrogens (tertiary/aromatic N) is 2. The summed E-state index contributed by atoms with van der Waals surface area (Å²) in [4.78, 5) is 14.9. The van der Waals surface area contributed by atoms with Crippen LogP contribution in [0.15, 0.2) is 48.7 Å². The van der Waals surface area contributed by atoms with E-state index in [4.69, 9.17) is 4.74 Å². The maximum Gasteiger partial charge on any atom is 0.227 e. The molecule has 1 amide bonds. The Kier molecular flexibility index (Phi) is 4.24. The summed E-state index contributed by atoms with van der Waals surface area (Å²) in [6.45, 7) is 3.69. The van der Waals surface area contributed by atoms with Crippen molar-refractivity contribution in [3.05, 3.63) is 65.5 Å². The molecule has 5 heteroatoms. The number of nitrogens with one attached hydrogen (secondary N) is 1. The molecule has 1 unspecified atom stereocenters. The molecule has 0 saturated carbocycles. The number of fused-ring (bicyclic) bond motifs is 1. The van der Waals surface area contributed by atoms with Crippen LogP contribution in [0.3, 0.4) is 0 Å². The lowest BCUT2D eigenvalue weighted by Crippen LogP contribution is -2.44. The lowest BCUT2D eigenvalue weighted by atomic mass is 10.0. The van der Waals surface area contributed by atoms with Gasteiger partial charge in [-0.1, -0.05) is 42.5 Å². The summed E-state index contributed by atoms with van der Waals surface area (Å²) >= 11 is 0. The van der Waals surface area contributed by atoms with E-state index < -0.39 is 0 Å². The van der Waals surface area contributed by atoms with Crippen LogP contribution in [-0.2, 0) is 16.0 Å². The lowest BCUT2D eigenvalue weighted by molar-refractivity contribution is -0.139. The van der Waals surface area contributed by atoms with Gasteiger partial charge in [-0.25, -0.2) is 0 Å². The Morgan fingerprint density at radius 3 is 2.92 bits per heavy atom. The first-order valence-electron chi connectivity index (χ1n) is 8.57. The molecular formula is C20H21N3O2. The van der Waals surface area contributed by atoms with Gasteiger partial charge in [0.25, 0.3) is 0 Å². The second kappa shape index (κ2) is 6.69. The zero-order valence-corrected chi connectivity index (χ0v) is 14.2. The first-order chi connectivity index (χ1) is 12.2. The van der Waals surface area contributed by atoms with Crippen LogP contribution in [0.4, 0.5) is 0 Å². The summed E-state index contributed by atoms with van der Waals surface area (Å²) in [5.74, 6) is 0.123. The average molecular weight is 335 g/mol. The highest BCUT2D eigenvalue weighted by Gasteiger charge is 2.30. The van der Waals surface area contributed by atoms with Crippen LogP contribution >= 0.6 is 0 Å². The number of ether oxygens (including phenoxy) is 1. The Hall–Kier alpha value is -2.66. The molecular weight excluding hydrogens is 314 g/mol. The average Bonchev–Trinajstić information content (AvgIpc) is 3.07. The van der Waals surface area contributed by atoms with E-state index in [2.05, 4.69) is 34.5 Å². The number of aryl methyl sites for hydroxylation is 1. The van der Waals surface area contributed by atoms with Crippen molar-refractivity contribution >= 4 is 16.7 Å². The van der Waals surface area contributed by atoms with Gasteiger partial charge in [0.2, 0.25) is 5.91 Å². The Labute approximate surface area is 146 Å². The normalized spacial score (nSPS) is 17.8. The maximum atomic E-state index is 13.0. The number of hydrogen-bond donors (Lipinski definition) is 1. The molecule has 0 radical (unpaired) electrons. The fourth-order valence-electron chi connectivity index (χ4n) is 3.46. The summed E-state index contributed by atoms with van der Waals surface area (Å²) in [7, 11) is 0. The van der Waals surface area contributed by atoms with Gasteiger partial charge >= 0.3 is 0 Å². The smallest absolute Gasteiger partial charge is 0.227 e. The van der Waals surface area contributed by atoms with Crippen molar-refractivity contribution in [2.45, 2.75) is 19.4 Å². The quantitative estimate of drug-likeness (QED) is 0.800. The lowest BCUT2D eigenvalue weighted by Gasteiger charge is -2.35. The van der Waals surface area contributed by atoms with E-state index in [0.717, 1.165) is 22.2 Å². The van der Waals surface area contributed by atoms with Gasteiger partial charge in [0, 0.05) is 6.54 Å². The molecule has 5 nitrogen and oxygen atoms in total. The van der Waals surface area contributed by atoms with Gasteiger partial charge in [-0.15, -0.1) is 0 Å². The molecule has 1 saturated heterocycles. The fourth-order valence-corrected chi connectivity index (χ4v) is 3.46. The predicted molar refractivity (Wildman–Crippen MR) is 96.2 cm³/mol. The van der Waals surface area contributed by atoms with Gasteiger partial charge in [0.05, 0.1) is 37.6 Å². The molecule has 25 heavy (non-hydrogen) atoms. The first kappa shape index (κ1) is 15.8. The fraction of sp³-hybridized carbons (Fsp3) is 0.300. The SMILES string of the molecule is Cc1cn[nH]c1C1COCCN1C(=O)Cc1ccc2ccccc2c1. The second-order valence-corrected chi connectivity index (χ2v) is 6.50. The topological polar surface area (TPSA) is 58.2 Å². The number of amides is 1. The Morgan fingerprint density at radius 1 is 1.28 bits per heavy atom. The van der Waals surface area contributed by atoms with Crippen LogP contribution in [0, 0.1) is 6.92 Å². The summed E-state index contributed by atoms with van der Waals surface area (Å²) in [6.07, 6.45) is 2.18. The van der Waals surface area contributed by atoms with Crippen molar-refractivity contribution in [2.24, 2.45) is 0 Å². The molecule has 1 aliphatic rings. The third-order valence-corrected chi connectivity index (χ3v) is 4.82. The summed E-state index contributed by atoms with van der Waals surface area (Å²) < 4.78 is 5.61. The van der Waals surface area contributed by atoms with Crippen molar-refractivity contribution in [1.29, 1.82) is 0 Å². The van der Waals surface area contributed by atoms with Crippen LogP contribution in [0.2, 0.25) is 0 Å². The largest absolute Gasteiger partial charge is 0.377 e. The molecule has 4 rings (SSSR count). The van der Waals surface area contributed by atoms with E-state index in [1.54, 1.807) is 6.20 Å². The van der Waals surface area contributed by atoms with Crippen molar-refractivity contribution in [1.82, 2.24) is 15.1 Å². The highest BCUT2D eigenvalue weighted by atomic mass is 16.5. The van der Waals surface area contributed by atoms with Gasteiger partial charge in [0.15, 0.2) is 0 Å². The van der Waals surface area contributed by atoms with Crippen LogP contribution < -0.4 is 0 Å². The van der Waals surface area contributed by atoms with E-state index in [0.29, 0.717) is 26.2 Å². The Balaban J connectivity index is 1.56. The van der Waals surface area contributed by atoms with Gasteiger partial charge in [0.1, 0.15) is 0 Å². The van der Waals surface area contributed by atoms with Gasteiger partial charge in [-0.3, -0.25) is 9.89 Å². The molecule has 1 fully saturated rings. The predicted octanol–water partition coefficient (Wildman–Crippen LogP) is 3.01. The molecule has 1 atom stereocenters. The molecule has 1 aromatic heterocycles. The summed E-state index contributed by atoms with van der Waals surface area (Å²) in [5, 5.41) is 9.47. The molecule has 0 bridgehead atoms. The van der Waals surface area contributed by atoms with Crippen molar-refractivity contribution in [3.8, 4) is 0 Å². The highest BCUT2D eigenvalue weighted by Crippen LogP contribution is 2.26. The molecule has 0 spiro atoms. The number of hydrogen-bond acceptors (Lipinski definition) is 3. The van der Waals surface area contributed by atoms with Crippen LogP contribution in [0.5, 0.6) is 0 Å². The minimum absolute atomic E-state index is 0.0933. The zero-order chi connectivity index (χ0) is 17.2. The minimum atomic E-state index is -0.0933. The Bertz CT molecular complexity index is 903. The third-order valence-electron chi connectivity index (χ3n) is 4.82. The van der Waals surface area contributed by atoms with Crippen molar-refractivity contribution in [2.75, 3.05) is 19.8 Å². The number of aromatic nitrogens is 2. The molecule has 128 valence electrons. The number of carbonyl (C=O) groups excluding carboxylic acids is 1. The minimum Gasteiger partial charge on any atom is -0.377 e. The maximum absolute atomic E-state index is 13.0. The number of carbonyl (C=O) groups is 1. The van der Waals surface area contributed by atoms with Crippen LogP contribution in [0.25, 0.3) is 10.8 Å². The molecule has 1 aliphatic heterocycles. The van der Waals surface area contributed by atoms with Gasteiger partial charge in [-0.2, -0.15) is 5.10 Å². The number of rotatable bonds is 3. The monoisotopic (exact) mass is 335 g/mol. The van der Waals surface area contributed by atoms with E-state index in [1.165, 1.54) is 5.39 Å². The standard InChI is InChI=1S/C20H21N3O2/c1-14-12-21-22-20(14)18-13-25-9-8-23(18)19(24)11-15-6-7-16-4-2-3-5-17(16)10-15/h2-7,10,12,18H,8-9,11,13H2,1H3,(H,21,22). The van der Waals surface area contributed by atoms with Crippen LogP contribution in [0.1, 0.15) is 22.9 Å². The van der Waals surface area contributed by atoms with E-state index in [-0.39, 0.29) is 11.9 Å². The van der Waals surface area contributed by atoms with E-state index >= 15 is 0 Å². The molecule has 2 heterocycles. The molecule has 2 aromatic carbocycles. The molecule has 3 aromatic rings. The number of morpholine rings is 1. The summed E-state index contributed by atoms with van der Waals surface area (Å²) in [5.41, 5.74) is 3.06. The third kappa shape index (κ3) is 3.15. The first-order valence-corrected chi connectivity index (χ1v) is 8.57. The second-order valence-electron chi connectivity index (χ2n) is 6.50. The van der Waals surface area contributed by atoms with Crippen molar-refractivity contribution < 1.29 is 9.53 Å². The molecule has 0 aliphatic carbocycles. The van der Waals surface area contributed by atoms with Crippen molar-refractivity contribution in [3.63, 3.8) is 0 Å². The number of benzene rings is 2. The van der Waals surface area contributed by atoms with E-state index in [9.17, 15) is 4.79 Å². The van der Waals surface area contributed by atoms with Crippen LogP contribution in [-0.4, -0.2) is 40.8 Å². The number of aromatic amines is 1. The van der Waals surface area contributed by atoms with E-state index in [1.807, 2.05) is 30.0 Å². The highest BCUT2D eigenvalue weighted by molar-refractivity contribution is 5.85. The molecule has 1 N–H and O–H groups in total. The number of H-pyrrole nitrogens is 1. The van der Waals surface area contributed by atoms with Gasteiger partial charge < -0.3 is 9.64 Å².